The standard InChI is InChI=1S/C26H31N7O/c1-17-14-27-11-13-33(17)25-24-20(19-7-3-9-22-21(19)15-28-31-22)8-4-10-23(24)29-26(30-25)34-16-18-6-5-12-32(18)2/h3-4,7-10,15,17-18,27H,5-6,11-14,16H2,1-2H3,(H,28,31)/t17-,18+/m1/s1. The predicted octanol–water partition coefficient (Wildman–Crippen LogP) is 3.44. The maximum atomic E-state index is 6.22. The molecule has 2 N–H and O–H groups in total. The summed E-state index contributed by atoms with van der Waals surface area (Å²) in [5, 5.41) is 13.0. The van der Waals surface area contributed by atoms with E-state index in [4.69, 9.17) is 14.7 Å². The number of piperazine rings is 1. The van der Waals surface area contributed by atoms with Gasteiger partial charge in [0, 0.05) is 37.1 Å². The molecule has 176 valence electrons. The lowest BCUT2D eigenvalue weighted by Gasteiger charge is -2.36. The van der Waals surface area contributed by atoms with Crippen molar-refractivity contribution in [2.45, 2.75) is 31.8 Å². The summed E-state index contributed by atoms with van der Waals surface area (Å²) in [5.41, 5.74) is 4.18. The molecular weight excluding hydrogens is 426 g/mol. The van der Waals surface area contributed by atoms with E-state index in [1.54, 1.807) is 0 Å². The second-order valence-electron chi connectivity index (χ2n) is 9.50. The van der Waals surface area contributed by atoms with Crippen molar-refractivity contribution in [2.75, 3.05) is 44.7 Å². The molecule has 4 aromatic rings. The van der Waals surface area contributed by atoms with Crippen LogP contribution in [0.2, 0.25) is 0 Å². The molecule has 6 rings (SSSR count). The van der Waals surface area contributed by atoms with Gasteiger partial charge >= 0.3 is 6.01 Å². The first-order valence-corrected chi connectivity index (χ1v) is 12.2. The highest BCUT2D eigenvalue weighted by Crippen LogP contribution is 2.38. The number of aromatic amines is 1. The summed E-state index contributed by atoms with van der Waals surface area (Å²) in [6, 6.07) is 13.8. The quantitative estimate of drug-likeness (QED) is 0.475. The van der Waals surface area contributed by atoms with E-state index in [1.807, 2.05) is 6.20 Å². The molecule has 34 heavy (non-hydrogen) atoms. The summed E-state index contributed by atoms with van der Waals surface area (Å²) in [4.78, 5) is 14.7. The molecule has 0 saturated carbocycles. The van der Waals surface area contributed by atoms with Crippen LogP contribution in [0.3, 0.4) is 0 Å². The van der Waals surface area contributed by atoms with Gasteiger partial charge in [0.15, 0.2) is 0 Å². The lowest BCUT2D eigenvalue weighted by atomic mass is 9.97. The maximum absolute atomic E-state index is 6.22. The Kier molecular flexibility index (Phi) is 5.55. The van der Waals surface area contributed by atoms with Gasteiger partial charge in [0.05, 0.1) is 22.6 Å². The zero-order chi connectivity index (χ0) is 23.1. The van der Waals surface area contributed by atoms with Gasteiger partial charge in [-0.15, -0.1) is 0 Å². The Morgan fingerprint density at radius 1 is 1.09 bits per heavy atom. The summed E-state index contributed by atoms with van der Waals surface area (Å²) in [6.45, 7) is 6.73. The summed E-state index contributed by atoms with van der Waals surface area (Å²) >= 11 is 0. The van der Waals surface area contributed by atoms with Crippen molar-refractivity contribution in [3.05, 3.63) is 42.6 Å². The van der Waals surface area contributed by atoms with Crippen LogP contribution in [0.1, 0.15) is 19.8 Å². The summed E-state index contributed by atoms with van der Waals surface area (Å²) in [5.74, 6) is 0.949. The molecule has 0 unspecified atom stereocenters. The fourth-order valence-corrected chi connectivity index (χ4v) is 5.36. The van der Waals surface area contributed by atoms with E-state index in [1.165, 1.54) is 6.42 Å². The van der Waals surface area contributed by atoms with Crippen LogP contribution in [0.4, 0.5) is 5.82 Å². The molecule has 8 nitrogen and oxygen atoms in total. The summed E-state index contributed by atoms with van der Waals surface area (Å²) < 4.78 is 6.22. The number of hydrogen-bond donors (Lipinski definition) is 2. The number of aromatic nitrogens is 4. The molecule has 0 aliphatic carbocycles. The Balaban J connectivity index is 1.49. The fraction of sp³-hybridized carbons (Fsp3) is 0.423. The second-order valence-corrected chi connectivity index (χ2v) is 9.50. The van der Waals surface area contributed by atoms with E-state index in [9.17, 15) is 0 Å². The minimum absolute atomic E-state index is 0.318. The van der Waals surface area contributed by atoms with Gasteiger partial charge in [-0.25, -0.2) is 0 Å². The van der Waals surface area contributed by atoms with Crippen LogP contribution in [0.25, 0.3) is 32.9 Å². The first-order valence-electron chi connectivity index (χ1n) is 12.2. The predicted molar refractivity (Wildman–Crippen MR) is 135 cm³/mol. The number of benzene rings is 2. The molecule has 2 aromatic carbocycles. The third-order valence-electron chi connectivity index (χ3n) is 7.31. The van der Waals surface area contributed by atoms with E-state index in [0.29, 0.717) is 24.7 Å². The highest BCUT2D eigenvalue weighted by atomic mass is 16.5. The molecule has 0 radical (unpaired) electrons. The number of likely N-dealkylation sites (tertiary alicyclic amines) is 1. The number of nitrogens with zero attached hydrogens (tertiary/aromatic N) is 5. The maximum Gasteiger partial charge on any atom is 0.319 e. The minimum Gasteiger partial charge on any atom is -0.462 e. The zero-order valence-electron chi connectivity index (χ0n) is 19.8. The van der Waals surface area contributed by atoms with E-state index >= 15 is 0 Å². The molecule has 2 saturated heterocycles. The molecule has 2 atom stereocenters. The van der Waals surface area contributed by atoms with Gasteiger partial charge in [0.2, 0.25) is 0 Å². The van der Waals surface area contributed by atoms with Crippen molar-refractivity contribution in [1.82, 2.24) is 30.4 Å². The Labute approximate surface area is 199 Å². The molecule has 0 spiro atoms. The molecule has 0 amide bonds. The van der Waals surface area contributed by atoms with Crippen LogP contribution >= 0.6 is 0 Å². The molecule has 2 fully saturated rings. The fourth-order valence-electron chi connectivity index (χ4n) is 5.36. The lowest BCUT2D eigenvalue weighted by Crippen LogP contribution is -2.50. The van der Waals surface area contributed by atoms with Gasteiger partial charge in [-0.1, -0.05) is 24.3 Å². The highest BCUT2D eigenvalue weighted by molar-refractivity contribution is 6.07. The van der Waals surface area contributed by atoms with Crippen LogP contribution in [0.5, 0.6) is 6.01 Å². The minimum atomic E-state index is 0.318. The van der Waals surface area contributed by atoms with Crippen molar-refractivity contribution >= 4 is 27.6 Å². The average molecular weight is 458 g/mol. The van der Waals surface area contributed by atoms with Gasteiger partial charge in [-0.3, -0.25) is 5.10 Å². The number of H-pyrrole nitrogens is 1. The summed E-state index contributed by atoms with van der Waals surface area (Å²) in [6.07, 6.45) is 4.27. The van der Waals surface area contributed by atoms with Gasteiger partial charge in [0.1, 0.15) is 12.4 Å². The summed E-state index contributed by atoms with van der Waals surface area (Å²) in [7, 11) is 2.17. The largest absolute Gasteiger partial charge is 0.462 e. The van der Waals surface area contributed by atoms with Gasteiger partial charge < -0.3 is 19.9 Å². The number of fused-ring (bicyclic) bond motifs is 2. The van der Waals surface area contributed by atoms with Crippen LogP contribution in [0.15, 0.2) is 42.6 Å². The topological polar surface area (TPSA) is 82.2 Å². The molecule has 8 heteroatoms. The molecule has 4 heterocycles. The lowest BCUT2D eigenvalue weighted by molar-refractivity contribution is 0.188. The number of rotatable bonds is 5. The third-order valence-corrected chi connectivity index (χ3v) is 7.31. The number of hydrogen-bond acceptors (Lipinski definition) is 7. The van der Waals surface area contributed by atoms with E-state index in [2.05, 4.69) is 75.7 Å². The zero-order valence-corrected chi connectivity index (χ0v) is 19.8. The van der Waals surface area contributed by atoms with E-state index in [-0.39, 0.29) is 0 Å². The Morgan fingerprint density at radius 2 is 1.97 bits per heavy atom. The smallest absolute Gasteiger partial charge is 0.319 e. The highest BCUT2D eigenvalue weighted by Gasteiger charge is 2.26. The second kappa shape index (κ2) is 8.85. The number of ether oxygens (including phenoxy) is 1. The van der Waals surface area contributed by atoms with Crippen molar-refractivity contribution in [1.29, 1.82) is 0 Å². The Hall–Kier alpha value is -3.23. The van der Waals surface area contributed by atoms with Crippen LogP contribution in [-0.4, -0.2) is 77.0 Å². The third kappa shape index (κ3) is 3.76. The van der Waals surface area contributed by atoms with Gasteiger partial charge in [-0.2, -0.15) is 15.1 Å². The van der Waals surface area contributed by atoms with Crippen molar-refractivity contribution in [2.24, 2.45) is 0 Å². The Morgan fingerprint density at radius 3 is 2.82 bits per heavy atom. The van der Waals surface area contributed by atoms with E-state index in [0.717, 1.165) is 71.4 Å². The Bertz CT molecular complexity index is 1320. The first-order chi connectivity index (χ1) is 16.7. The molecule has 2 aliphatic rings. The number of likely N-dealkylation sites (N-methyl/N-ethyl adjacent to an activating group) is 1. The van der Waals surface area contributed by atoms with Crippen LogP contribution in [-0.2, 0) is 0 Å². The molecule has 2 aliphatic heterocycles. The van der Waals surface area contributed by atoms with Gasteiger partial charge in [-0.05, 0) is 56.6 Å². The van der Waals surface area contributed by atoms with Crippen molar-refractivity contribution < 1.29 is 4.74 Å². The number of nitrogens with one attached hydrogen (secondary N) is 2. The number of anilines is 1. The van der Waals surface area contributed by atoms with Crippen LogP contribution < -0.4 is 15.0 Å². The molecule has 0 bridgehead atoms. The van der Waals surface area contributed by atoms with Crippen molar-refractivity contribution in [3.8, 4) is 17.1 Å². The van der Waals surface area contributed by atoms with Crippen molar-refractivity contribution in [3.63, 3.8) is 0 Å². The molecule has 2 aromatic heterocycles. The normalized spacial score (nSPS) is 21.5. The van der Waals surface area contributed by atoms with Gasteiger partial charge in [0.25, 0.3) is 0 Å². The van der Waals surface area contributed by atoms with E-state index < -0.39 is 0 Å². The SMILES string of the molecule is C[C@@H]1CNCCN1c1nc(OC[C@@H]2CCCN2C)nc2cccc(-c3cccc4[nH]ncc34)c12. The monoisotopic (exact) mass is 457 g/mol. The average Bonchev–Trinajstić information content (AvgIpc) is 3.51. The molecular formula is C26H31N7O. The first kappa shape index (κ1) is 21.3. The van der Waals surface area contributed by atoms with Crippen LogP contribution in [0, 0.1) is 0 Å².